The molecule has 1 aliphatic heterocycles. The predicted molar refractivity (Wildman–Crippen MR) is 162 cm³/mol. The Kier molecular flexibility index (Phi) is 11.6. The number of aliphatic hydroxyl groups is 1. The summed E-state index contributed by atoms with van der Waals surface area (Å²) in [6, 6.07) is 11.9. The van der Waals surface area contributed by atoms with Gasteiger partial charge in [0.2, 0.25) is 10.0 Å². The van der Waals surface area contributed by atoms with E-state index in [9.17, 15) is 18.3 Å². The van der Waals surface area contributed by atoms with Crippen LogP contribution in [0.2, 0.25) is 0 Å². The van der Waals surface area contributed by atoms with Crippen molar-refractivity contribution in [1.29, 1.82) is 0 Å². The van der Waals surface area contributed by atoms with Gasteiger partial charge in [-0.1, -0.05) is 24.6 Å². The van der Waals surface area contributed by atoms with Gasteiger partial charge in [0.15, 0.2) is 0 Å². The van der Waals surface area contributed by atoms with Crippen LogP contribution in [0.4, 0.5) is 5.69 Å². The molecule has 9 nitrogen and oxygen atoms in total. The van der Waals surface area contributed by atoms with E-state index in [-0.39, 0.29) is 42.5 Å². The molecule has 0 spiro atoms. The Bertz CT molecular complexity index is 1250. The van der Waals surface area contributed by atoms with Gasteiger partial charge in [0.1, 0.15) is 5.75 Å². The maximum Gasteiger partial charge on any atom is 0.258 e. The van der Waals surface area contributed by atoms with Crippen molar-refractivity contribution in [1.82, 2.24) is 9.21 Å². The number of aliphatic hydroxyl groups excluding tert-OH is 1. The van der Waals surface area contributed by atoms with Crippen LogP contribution in [0.5, 0.6) is 5.75 Å². The molecule has 0 saturated carbocycles. The fourth-order valence-electron chi connectivity index (χ4n) is 4.89. The molecular weight excluding hydrogens is 542 g/mol. The molecule has 4 atom stereocenters. The Morgan fingerprint density at radius 3 is 2.39 bits per heavy atom. The van der Waals surface area contributed by atoms with Crippen LogP contribution in [-0.2, 0) is 14.8 Å². The molecule has 0 unspecified atom stereocenters. The molecule has 1 N–H and O–H groups in total. The van der Waals surface area contributed by atoms with Crippen molar-refractivity contribution in [2.45, 2.75) is 70.1 Å². The summed E-state index contributed by atoms with van der Waals surface area (Å²) >= 11 is 0. The number of rotatable bonds is 7. The van der Waals surface area contributed by atoms with Gasteiger partial charge in [-0.3, -0.25) is 4.79 Å². The fourth-order valence-corrected chi connectivity index (χ4v) is 6.08. The lowest BCUT2D eigenvalue weighted by atomic mass is 10.0. The van der Waals surface area contributed by atoms with Crippen molar-refractivity contribution >= 4 is 21.6 Å². The van der Waals surface area contributed by atoms with Gasteiger partial charge in [0, 0.05) is 52.4 Å². The van der Waals surface area contributed by atoms with Crippen molar-refractivity contribution in [2.75, 3.05) is 52.3 Å². The average Bonchev–Trinajstić information content (AvgIpc) is 2.93. The van der Waals surface area contributed by atoms with Crippen LogP contribution in [0.25, 0.3) is 0 Å². The van der Waals surface area contributed by atoms with Crippen LogP contribution in [0.1, 0.15) is 56.0 Å². The minimum Gasteiger partial charge on any atom is -0.490 e. The molecule has 0 radical (unpaired) electrons. The number of likely N-dealkylation sites (N-methyl/N-ethyl adjacent to an activating group) is 1. The second-order valence-electron chi connectivity index (χ2n) is 11.5. The smallest absolute Gasteiger partial charge is 0.258 e. The Labute approximate surface area is 246 Å². The van der Waals surface area contributed by atoms with Gasteiger partial charge in [0.05, 0.1) is 35.3 Å². The van der Waals surface area contributed by atoms with Gasteiger partial charge >= 0.3 is 0 Å². The molecule has 0 fully saturated rings. The van der Waals surface area contributed by atoms with Crippen molar-refractivity contribution in [3.05, 3.63) is 53.6 Å². The summed E-state index contributed by atoms with van der Waals surface area (Å²) in [4.78, 5) is 17.9. The lowest BCUT2D eigenvalue weighted by Gasteiger charge is -2.35. The maximum atomic E-state index is 14.1. The van der Waals surface area contributed by atoms with E-state index in [2.05, 4.69) is 0 Å². The van der Waals surface area contributed by atoms with Crippen LogP contribution in [0.3, 0.4) is 0 Å². The van der Waals surface area contributed by atoms with Gasteiger partial charge in [-0.15, -0.1) is 0 Å². The number of ether oxygens (including phenoxy) is 2. The molecule has 10 heteroatoms. The SMILES string of the molecule is Cc1ccc(S(=O)(=O)N(C)C[C@H]2OCCCC[C@@H](C)Oc3ccc(N(C)C)cc3C(=O)N([C@@H](C)CO)C[C@H]2C)cc1. The summed E-state index contributed by atoms with van der Waals surface area (Å²) in [7, 11) is 1.66. The number of carbonyl (C=O) groups is 1. The van der Waals surface area contributed by atoms with Crippen LogP contribution in [0.15, 0.2) is 47.4 Å². The molecule has 41 heavy (non-hydrogen) atoms. The highest BCUT2D eigenvalue weighted by Crippen LogP contribution is 2.29. The highest BCUT2D eigenvalue weighted by Gasteiger charge is 2.32. The summed E-state index contributed by atoms with van der Waals surface area (Å²) in [6.45, 7) is 8.32. The van der Waals surface area contributed by atoms with E-state index < -0.39 is 22.2 Å². The van der Waals surface area contributed by atoms with E-state index in [0.29, 0.717) is 17.9 Å². The normalized spacial score (nSPS) is 22.0. The number of anilines is 1. The van der Waals surface area contributed by atoms with Crippen molar-refractivity contribution in [2.24, 2.45) is 5.92 Å². The monoisotopic (exact) mass is 589 g/mol. The number of benzene rings is 2. The van der Waals surface area contributed by atoms with E-state index in [4.69, 9.17) is 9.47 Å². The number of aryl methyl sites for hydroxylation is 1. The molecule has 1 amide bonds. The molecule has 2 aromatic rings. The van der Waals surface area contributed by atoms with Gasteiger partial charge in [-0.05, 0) is 70.4 Å². The van der Waals surface area contributed by atoms with E-state index in [1.807, 2.05) is 58.0 Å². The Morgan fingerprint density at radius 1 is 1.07 bits per heavy atom. The van der Waals surface area contributed by atoms with E-state index in [1.54, 1.807) is 43.1 Å². The minimum atomic E-state index is -3.73. The number of amides is 1. The third kappa shape index (κ3) is 8.44. The van der Waals surface area contributed by atoms with Gasteiger partial charge in [-0.2, -0.15) is 4.31 Å². The molecule has 0 bridgehead atoms. The Morgan fingerprint density at radius 2 is 1.76 bits per heavy atom. The number of nitrogens with zero attached hydrogens (tertiary/aromatic N) is 3. The molecule has 0 saturated heterocycles. The third-order valence-corrected chi connectivity index (χ3v) is 9.56. The third-order valence-electron chi connectivity index (χ3n) is 7.72. The number of hydrogen-bond acceptors (Lipinski definition) is 7. The molecule has 3 rings (SSSR count). The van der Waals surface area contributed by atoms with Gasteiger partial charge in [0.25, 0.3) is 5.91 Å². The number of carbonyl (C=O) groups excluding carboxylic acids is 1. The number of fused-ring (bicyclic) bond motifs is 1. The first-order valence-corrected chi connectivity index (χ1v) is 15.8. The minimum absolute atomic E-state index is 0.112. The van der Waals surface area contributed by atoms with E-state index >= 15 is 0 Å². The molecule has 1 heterocycles. The van der Waals surface area contributed by atoms with Gasteiger partial charge in [-0.25, -0.2) is 8.42 Å². The highest BCUT2D eigenvalue weighted by atomic mass is 32.2. The summed E-state index contributed by atoms with van der Waals surface area (Å²) in [5, 5.41) is 10.1. The van der Waals surface area contributed by atoms with Gasteiger partial charge < -0.3 is 24.4 Å². The first-order valence-electron chi connectivity index (χ1n) is 14.4. The molecule has 2 aromatic carbocycles. The molecule has 1 aliphatic rings. The molecule has 0 aromatic heterocycles. The fraction of sp³-hybridized carbons (Fsp3) is 0.581. The molecule has 0 aliphatic carbocycles. The van der Waals surface area contributed by atoms with Crippen LogP contribution < -0.4 is 9.64 Å². The zero-order chi connectivity index (χ0) is 30.3. The van der Waals surface area contributed by atoms with Crippen LogP contribution in [-0.4, -0.2) is 94.3 Å². The quantitative estimate of drug-likeness (QED) is 0.517. The molecular formula is C31H47N3O6S. The van der Waals surface area contributed by atoms with Crippen molar-refractivity contribution < 1.29 is 27.8 Å². The standard InChI is InChI=1S/C31H47N3O6S/c1-22-11-14-27(15-12-22)41(37,38)33(7)20-30-23(2)19-34(24(3)21-35)31(36)28-18-26(32(5)6)13-16-29(28)40-25(4)10-8-9-17-39-30/h11-16,18,23-25,30,35H,8-10,17,19-21H2,1-7H3/t23-,24+,25-,30-/m1/s1. The van der Waals surface area contributed by atoms with Crippen molar-refractivity contribution in [3.8, 4) is 5.75 Å². The van der Waals surface area contributed by atoms with E-state index in [1.165, 1.54) is 4.31 Å². The zero-order valence-corrected chi connectivity index (χ0v) is 26.4. The number of sulfonamides is 1. The summed E-state index contributed by atoms with van der Waals surface area (Å²) in [5.74, 6) is 0.0392. The molecule has 228 valence electrons. The second-order valence-corrected chi connectivity index (χ2v) is 13.5. The second kappa shape index (κ2) is 14.5. The maximum absolute atomic E-state index is 14.1. The summed E-state index contributed by atoms with van der Waals surface area (Å²) < 4.78 is 40.6. The summed E-state index contributed by atoms with van der Waals surface area (Å²) in [6.07, 6.45) is 1.87. The number of hydrogen-bond donors (Lipinski definition) is 1. The van der Waals surface area contributed by atoms with Crippen LogP contribution in [0, 0.1) is 12.8 Å². The highest BCUT2D eigenvalue weighted by molar-refractivity contribution is 7.89. The average molecular weight is 590 g/mol. The Hall–Kier alpha value is -2.66. The summed E-state index contributed by atoms with van der Waals surface area (Å²) in [5.41, 5.74) is 2.28. The van der Waals surface area contributed by atoms with Crippen molar-refractivity contribution in [3.63, 3.8) is 0 Å². The van der Waals surface area contributed by atoms with Crippen LogP contribution >= 0.6 is 0 Å². The topological polar surface area (TPSA) is 99.6 Å². The predicted octanol–water partition coefficient (Wildman–Crippen LogP) is 4.18. The lowest BCUT2D eigenvalue weighted by Crippen LogP contribution is -2.48. The lowest BCUT2D eigenvalue weighted by molar-refractivity contribution is -0.00833. The van der Waals surface area contributed by atoms with E-state index in [0.717, 1.165) is 30.5 Å². The largest absolute Gasteiger partial charge is 0.490 e. The Balaban J connectivity index is 1.96. The first kappa shape index (κ1) is 32.8. The first-order chi connectivity index (χ1) is 19.3. The zero-order valence-electron chi connectivity index (χ0n) is 25.5.